The SMILES string of the molecule is CCNC(=NCC1CC(=O)Nc2ccccc21)NCCN(C)C(C)CC.I. The van der Waals surface area contributed by atoms with E-state index in [-0.39, 0.29) is 35.8 Å². The molecule has 0 aromatic heterocycles. The van der Waals surface area contributed by atoms with Crippen molar-refractivity contribution in [3.63, 3.8) is 0 Å². The summed E-state index contributed by atoms with van der Waals surface area (Å²) in [6, 6.07) is 8.58. The number of anilines is 1. The molecule has 0 saturated carbocycles. The number of hydrogen-bond acceptors (Lipinski definition) is 3. The van der Waals surface area contributed by atoms with Crippen molar-refractivity contribution in [2.24, 2.45) is 4.99 Å². The van der Waals surface area contributed by atoms with E-state index in [1.54, 1.807) is 0 Å². The van der Waals surface area contributed by atoms with Gasteiger partial charge >= 0.3 is 0 Å². The fraction of sp³-hybridized carbons (Fsp3) is 0.600. The zero-order valence-corrected chi connectivity index (χ0v) is 19.2. The standard InChI is InChI=1S/C20H33N5O.HI/c1-5-15(3)25(4)12-11-22-20(21-6-2)23-14-16-13-19(26)24-18-10-8-7-9-17(16)18;/h7-10,15-16H,5-6,11-14H2,1-4H3,(H,24,26)(H2,21,22,23);1H. The molecule has 2 atom stereocenters. The Kier molecular flexibility index (Phi) is 10.7. The van der Waals surface area contributed by atoms with Gasteiger partial charge < -0.3 is 20.9 Å². The van der Waals surface area contributed by atoms with Crippen LogP contribution < -0.4 is 16.0 Å². The Bertz CT molecular complexity index is 622. The highest BCUT2D eigenvalue weighted by molar-refractivity contribution is 14.0. The molecule has 1 aromatic rings. The lowest BCUT2D eigenvalue weighted by atomic mass is 9.91. The van der Waals surface area contributed by atoms with E-state index in [0.29, 0.717) is 19.0 Å². The molecule has 2 unspecified atom stereocenters. The van der Waals surface area contributed by atoms with Crippen molar-refractivity contribution in [3.8, 4) is 0 Å². The van der Waals surface area contributed by atoms with Crippen molar-refractivity contribution in [2.75, 3.05) is 38.5 Å². The summed E-state index contributed by atoms with van der Waals surface area (Å²) in [4.78, 5) is 19.0. The van der Waals surface area contributed by atoms with Gasteiger partial charge in [-0.05, 0) is 38.9 Å². The second-order valence-corrected chi connectivity index (χ2v) is 6.92. The molecule has 0 spiro atoms. The van der Waals surface area contributed by atoms with Crippen molar-refractivity contribution in [1.29, 1.82) is 0 Å². The van der Waals surface area contributed by atoms with E-state index in [9.17, 15) is 4.79 Å². The van der Waals surface area contributed by atoms with Gasteiger partial charge in [-0.2, -0.15) is 0 Å². The van der Waals surface area contributed by atoms with Crippen LogP contribution in [0.2, 0.25) is 0 Å². The highest BCUT2D eigenvalue weighted by Crippen LogP contribution is 2.31. The molecule has 152 valence electrons. The zero-order valence-electron chi connectivity index (χ0n) is 16.9. The van der Waals surface area contributed by atoms with Crippen LogP contribution >= 0.6 is 24.0 Å². The van der Waals surface area contributed by atoms with Gasteiger partial charge in [0, 0.05) is 43.7 Å². The van der Waals surface area contributed by atoms with Crippen molar-refractivity contribution in [3.05, 3.63) is 29.8 Å². The molecular weight excluding hydrogens is 453 g/mol. The van der Waals surface area contributed by atoms with Gasteiger partial charge in [0.2, 0.25) is 5.91 Å². The van der Waals surface area contributed by atoms with Crippen LogP contribution in [0.1, 0.15) is 45.1 Å². The van der Waals surface area contributed by atoms with Crippen molar-refractivity contribution in [2.45, 2.75) is 45.6 Å². The van der Waals surface area contributed by atoms with Crippen molar-refractivity contribution in [1.82, 2.24) is 15.5 Å². The molecule has 3 N–H and O–H groups in total. The molecule has 2 rings (SSSR count). The summed E-state index contributed by atoms with van der Waals surface area (Å²) >= 11 is 0. The third-order valence-corrected chi connectivity index (χ3v) is 5.02. The molecule has 1 aliphatic rings. The number of nitrogens with one attached hydrogen (secondary N) is 3. The van der Waals surface area contributed by atoms with Crippen LogP contribution in [0.15, 0.2) is 29.3 Å². The van der Waals surface area contributed by atoms with E-state index in [4.69, 9.17) is 4.99 Å². The number of carbonyl (C=O) groups excluding carboxylic acids is 1. The topological polar surface area (TPSA) is 68.8 Å². The second kappa shape index (κ2) is 12.2. The molecular formula is C20H34IN5O. The number of rotatable bonds is 8. The molecule has 1 amide bonds. The molecule has 0 radical (unpaired) electrons. The third kappa shape index (κ3) is 7.29. The van der Waals surface area contributed by atoms with Gasteiger partial charge in [-0.3, -0.25) is 9.79 Å². The number of para-hydroxylation sites is 1. The number of hydrogen-bond donors (Lipinski definition) is 3. The Hall–Kier alpha value is -1.35. The minimum absolute atomic E-state index is 0. The molecule has 1 heterocycles. The Morgan fingerprint density at radius 1 is 1.33 bits per heavy atom. The average molecular weight is 487 g/mol. The lowest BCUT2D eigenvalue weighted by Crippen LogP contribution is -2.42. The summed E-state index contributed by atoms with van der Waals surface area (Å²) in [5.41, 5.74) is 2.08. The maximum absolute atomic E-state index is 11.9. The Labute approximate surface area is 180 Å². The predicted octanol–water partition coefficient (Wildman–Crippen LogP) is 3.02. The Morgan fingerprint density at radius 3 is 2.78 bits per heavy atom. The lowest BCUT2D eigenvalue weighted by molar-refractivity contribution is -0.116. The van der Waals surface area contributed by atoms with E-state index in [1.165, 1.54) is 5.56 Å². The summed E-state index contributed by atoms with van der Waals surface area (Å²) < 4.78 is 0. The number of carbonyl (C=O) groups is 1. The number of amides is 1. The van der Waals surface area contributed by atoms with Crippen molar-refractivity contribution < 1.29 is 4.79 Å². The highest BCUT2D eigenvalue weighted by Gasteiger charge is 2.24. The number of guanidine groups is 1. The Morgan fingerprint density at radius 2 is 2.07 bits per heavy atom. The molecule has 27 heavy (non-hydrogen) atoms. The minimum Gasteiger partial charge on any atom is -0.357 e. The van der Waals surface area contributed by atoms with Gasteiger partial charge in [0.25, 0.3) is 0 Å². The zero-order chi connectivity index (χ0) is 18.9. The van der Waals surface area contributed by atoms with Crippen LogP contribution in [0.5, 0.6) is 0 Å². The van der Waals surface area contributed by atoms with Crippen molar-refractivity contribution >= 4 is 41.5 Å². The largest absolute Gasteiger partial charge is 0.357 e. The molecule has 7 heteroatoms. The predicted molar refractivity (Wildman–Crippen MR) is 124 cm³/mol. The van der Waals surface area contributed by atoms with Crippen LogP contribution in [0, 0.1) is 0 Å². The van der Waals surface area contributed by atoms with E-state index in [2.05, 4.69) is 54.7 Å². The molecule has 0 aliphatic carbocycles. The number of aliphatic imine (C=N–C) groups is 1. The van der Waals surface area contributed by atoms with Crippen LogP contribution in [-0.4, -0.2) is 56.0 Å². The van der Waals surface area contributed by atoms with Crippen LogP contribution in [0.25, 0.3) is 0 Å². The fourth-order valence-electron chi connectivity index (χ4n) is 3.09. The normalized spacial score (nSPS) is 17.6. The van der Waals surface area contributed by atoms with Crippen LogP contribution in [0.3, 0.4) is 0 Å². The monoisotopic (exact) mass is 487 g/mol. The van der Waals surface area contributed by atoms with Gasteiger partial charge in [-0.1, -0.05) is 25.1 Å². The first-order chi connectivity index (χ1) is 12.5. The van der Waals surface area contributed by atoms with E-state index in [1.807, 2.05) is 18.2 Å². The number of halogens is 1. The lowest BCUT2D eigenvalue weighted by Gasteiger charge is -2.25. The number of fused-ring (bicyclic) bond motifs is 1. The molecule has 0 saturated heterocycles. The first-order valence-electron chi connectivity index (χ1n) is 9.66. The van der Waals surface area contributed by atoms with E-state index in [0.717, 1.165) is 37.7 Å². The molecule has 0 fully saturated rings. The van der Waals surface area contributed by atoms with Gasteiger partial charge in [0.15, 0.2) is 5.96 Å². The summed E-state index contributed by atoms with van der Waals surface area (Å²) in [7, 11) is 2.15. The third-order valence-electron chi connectivity index (χ3n) is 5.02. The van der Waals surface area contributed by atoms with Gasteiger partial charge in [0.1, 0.15) is 0 Å². The Balaban J connectivity index is 0.00000364. The van der Waals surface area contributed by atoms with Crippen LogP contribution in [-0.2, 0) is 4.79 Å². The summed E-state index contributed by atoms with van der Waals surface area (Å²) in [5.74, 6) is 1.00. The summed E-state index contributed by atoms with van der Waals surface area (Å²) in [5, 5.41) is 9.64. The average Bonchev–Trinajstić information content (AvgIpc) is 2.64. The van der Waals surface area contributed by atoms with Gasteiger partial charge in [-0.25, -0.2) is 0 Å². The summed E-state index contributed by atoms with van der Waals surface area (Å²) in [6.45, 7) is 9.73. The maximum Gasteiger partial charge on any atom is 0.225 e. The maximum atomic E-state index is 11.9. The first kappa shape index (κ1) is 23.7. The molecule has 1 aliphatic heterocycles. The van der Waals surface area contributed by atoms with Gasteiger partial charge in [-0.15, -0.1) is 24.0 Å². The summed E-state index contributed by atoms with van der Waals surface area (Å²) in [6.07, 6.45) is 1.63. The molecule has 6 nitrogen and oxygen atoms in total. The number of likely N-dealkylation sites (N-methyl/N-ethyl adjacent to an activating group) is 1. The number of benzene rings is 1. The minimum atomic E-state index is 0. The number of nitrogens with zero attached hydrogens (tertiary/aromatic N) is 2. The van der Waals surface area contributed by atoms with E-state index < -0.39 is 0 Å². The van der Waals surface area contributed by atoms with Crippen LogP contribution in [0.4, 0.5) is 5.69 Å². The molecule has 1 aromatic carbocycles. The highest BCUT2D eigenvalue weighted by atomic mass is 127. The van der Waals surface area contributed by atoms with Gasteiger partial charge in [0.05, 0.1) is 6.54 Å². The fourth-order valence-corrected chi connectivity index (χ4v) is 3.09. The smallest absolute Gasteiger partial charge is 0.225 e. The quantitative estimate of drug-likeness (QED) is 0.300. The first-order valence-corrected chi connectivity index (χ1v) is 9.66. The molecule has 0 bridgehead atoms. The van der Waals surface area contributed by atoms with E-state index >= 15 is 0 Å². The second-order valence-electron chi connectivity index (χ2n) is 6.92.